The van der Waals surface area contributed by atoms with Crippen molar-refractivity contribution in [3.8, 4) is 34.5 Å². The quantitative estimate of drug-likeness (QED) is 0.432. The Morgan fingerprint density at radius 2 is 1.31 bits per heavy atom. The van der Waals surface area contributed by atoms with Crippen molar-refractivity contribution in [2.45, 2.75) is 12.0 Å². The Bertz CT molecular complexity index is 1350. The van der Waals surface area contributed by atoms with E-state index in [1.807, 2.05) is 12.1 Å². The summed E-state index contributed by atoms with van der Waals surface area (Å²) in [6, 6.07) is 13.3. The number of carbonyl (C=O) groups is 2. The lowest BCUT2D eigenvalue weighted by Gasteiger charge is -2.40. The Labute approximate surface area is 227 Å². The number of benzene rings is 3. The van der Waals surface area contributed by atoms with Crippen molar-refractivity contribution >= 4 is 17.5 Å². The summed E-state index contributed by atoms with van der Waals surface area (Å²) in [4.78, 5) is 29.3. The minimum Gasteiger partial charge on any atom is -0.497 e. The Balaban J connectivity index is 1.87. The Morgan fingerprint density at radius 1 is 0.744 bits per heavy atom. The van der Waals surface area contributed by atoms with Gasteiger partial charge in [0.25, 0.3) is 5.91 Å². The minimum atomic E-state index is -0.810. The number of methoxy groups -OCH3 is 6. The fourth-order valence-corrected chi connectivity index (χ4v) is 4.92. The summed E-state index contributed by atoms with van der Waals surface area (Å²) >= 11 is 0. The molecule has 0 unspecified atom stereocenters. The molecule has 0 saturated heterocycles. The summed E-state index contributed by atoms with van der Waals surface area (Å²) < 4.78 is 32.6. The number of ether oxygens (including phenoxy) is 6. The van der Waals surface area contributed by atoms with Crippen LogP contribution in [0, 0.1) is 0 Å². The number of fused-ring (bicyclic) bond motifs is 1. The summed E-state index contributed by atoms with van der Waals surface area (Å²) in [5, 5.41) is 2.99. The van der Waals surface area contributed by atoms with Crippen LogP contribution < -0.4 is 33.7 Å². The smallest absolute Gasteiger partial charge is 0.254 e. The van der Waals surface area contributed by atoms with Crippen LogP contribution in [-0.4, -0.2) is 66.4 Å². The Hall–Kier alpha value is -4.60. The SMILES string of the molecule is COc1ccc([C@@H]2[C@@H](C(=O)Nc3cc(OC)c(OC)c(OC)c3)c3cc(OC)c(OC)cc3C(=O)N2C)cc1. The van der Waals surface area contributed by atoms with E-state index in [1.165, 1.54) is 35.5 Å². The molecule has 1 aliphatic heterocycles. The highest BCUT2D eigenvalue weighted by molar-refractivity contribution is 6.05. The maximum Gasteiger partial charge on any atom is 0.254 e. The first-order valence-electron chi connectivity index (χ1n) is 12.1. The van der Waals surface area contributed by atoms with Gasteiger partial charge < -0.3 is 38.6 Å². The molecular formula is C29H32N2O8. The highest BCUT2D eigenvalue weighted by Gasteiger charge is 2.43. The fourth-order valence-electron chi connectivity index (χ4n) is 4.92. The van der Waals surface area contributed by atoms with Gasteiger partial charge in [-0.1, -0.05) is 12.1 Å². The molecule has 10 nitrogen and oxygen atoms in total. The molecule has 1 N–H and O–H groups in total. The second kappa shape index (κ2) is 11.4. The van der Waals surface area contributed by atoms with E-state index in [4.69, 9.17) is 28.4 Å². The Kier molecular flexibility index (Phi) is 8.04. The molecule has 3 aromatic rings. The van der Waals surface area contributed by atoms with E-state index in [1.54, 1.807) is 55.5 Å². The van der Waals surface area contributed by atoms with Gasteiger partial charge in [-0.3, -0.25) is 9.59 Å². The van der Waals surface area contributed by atoms with Crippen LogP contribution in [0.4, 0.5) is 5.69 Å². The van der Waals surface area contributed by atoms with Crippen LogP contribution >= 0.6 is 0 Å². The summed E-state index contributed by atoms with van der Waals surface area (Å²) in [7, 11) is 10.8. The van der Waals surface area contributed by atoms with Crippen molar-refractivity contribution in [3.63, 3.8) is 0 Å². The molecule has 10 heteroatoms. The molecule has 0 aromatic heterocycles. The van der Waals surface area contributed by atoms with Crippen molar-refractivity contribution in [2.24, 2.45) is 0 Å². The van der Waals surface area contributed by atoms with Crippen LogP contribution in [0.3, 0.4) is 0 Å². The predicted molar refractivity (Wildman–Crippen MR) is 145 cm³/mol. The number of rotatable bonds is 9. The molecule has 2 atom stereocenters. The van der Waals surface area contributed by atoms with Gasteiger partial charge in [0.1, 0.15) is 5.75 Å². The molecule has 2 amide bonds. The molecule has 0 aliphatic carbocycles. The molecule has 3 aromatic carbocycles. The number of nitrogens with zero attached hydrogens (tertiary/aromatic N) is 1. The topological polar surface area (TPSA) is 105 Å². The molecule has 0 saturated carbocycles. The zero-order chi connectivity index (χ0) is 28.3. The van der Waals surface area contributed by atoms with Crippen LogP contribution in [0.1, 0.15) is 33.4 Å². The standard InChI is InChI=1S/C29H32N2O8/c1-31-26(16-8-10-18(34-2)11-9-16)25(19-14-21(35-3)22(36-4)15-20(19)29(31)33)28(32)30-17-12-23(37-5)27(39-7)24(13-17)38-6/h8-15,25-26H,1-7H3,(H,30,32)/t25-,26+/m0/s1. The number of amides is 2. The third kappa shape index (κ3) is 4.97. The zero-order valence-electron chi connectivity index (χ0n) is 23.0. The molecular weight excluding hydrogens is 504 g/mol. The van der Waals surface area contributed by atoms with E-state index in [2.05, 4.69) is 5.32 Å². The molecule has 4 rings (SSSR count). The summed E-state index contributed by atoms with van der Waals surface area (Å²) in [5.74, 6) is 1.24. The van der Waals surface area contributed by atoms with Crippen molar-refractivity contribution in [1.29, 1.82) is 0 Å². The largest absolute Gasteiger partial charge is 0.497 e. The number of hydrogen-bond donors (Lipinski definition) is 1. The van der Waals surface area contributed by atoms with Crippen LogP contribution in [0.15, 0.2) is 48.5 Å². The van der Waals surface area contributed by atoms with Gasteiger partial charge in [-0.25, -0.2) is 0 Å². The number of carbonyl (C=O) groups excluding carboxylic acids is 2. The van der Waals surface area contributed by atoms with E-state index in [0.29, 0.717) is 51.3 Å². The highest BCUT2D eigenvalue weighted by Crippen LogP contribution is 2.47. The van der Waals surface area contributed by atoms with E-state index >= 15 is 0 Å². The first-order valence-corrected chi connectivity index (χ1v) is 12.1. The van der Waals surface area contributed by atoms with E-state index in [-0.39, 0.29) is 11.8 Å². The molecule has 206 valence electrons. The van der Waals surface area contributed by atoms with Crippen molar-refractivity contribution < 1.29 is 38.0 Å². The van der Waals surface area contributed by atoms with E-state index < -0.39 is 12.0 Å². The second-order valence-electron chi connectivity index (χ2n) is 8.81. The average molecular weight is 537 g/mol. The van der Waals surface area contributed by atoms with Crippen LogP contribution in [0.2, 0.25) is 0 Å². The first-order chi connectivity index (χ1) is 18.8. The maximum absolute atomic E-state index is 14.1. The molecule has 0 spiro atoms. The van der Waals surface area contributed by atoms with Crippen LogP contribution in [0.5, 0.6) is 34.5 Å². The lowest BCUT2D eigenvalue weighted by atomic mass is 9.79. The summed E-state index contributed by atoms with van der Waals surface area (Å²) in [6.45, 7) is 0. The van der Waals surface area contributed by atoms with Crippen molar-refractivity contribution in [1.82, 2.24) is 4.90 Å². The number of anilines is 1. The monoisotopic (exact) mass is 536 g/mol. The third-order valence-electron chi connectivity index (χ3n) is 6.85. The molecule has 1 heterocycles. The van der Waals surface area contributed by atoms with Crippen LogP contribution in [-0.2, 0) is 4.79 Å². The van der Waals surface area contributed by atoms with Gasteiger partial charge in [0, 0.05) is 30.4 Å². The Morgan fingerprint density at radius 3 is 1.82 bits per heavy atom. The molecule has 0 fully saturated rings. The highest BCUT2D eigenvalue weighted by atomic mass is 16.5. The third-order valence-corrected chi connectivity index (χ3v) is 6.85. The number of likely N-dealkylation sites (N-methyl/N-ethyl adjacent to an activating group) is 1. The second-order valence-corrected chi connectivity index (χ2v) is 8.81. The van der Waals surface area contributed by atoms with Crippen molar-refractivity contribution in [2.75, 3.05) is 55.0 Å². The van der Waals surface area contributed by atoms with Gasteiger partial charge in [-0.15, -0.1) is 0 Å². The zero-order valence-corrected chi connectivity index (χ0v) is 23.0. The summed E-state index contributed by atoms with van der Waals surface area (Å²) in [5.41, 5.74) is 2.06. The normalized spacial score (nSPS) is 16.2. The minimum absolute atomic E-state index is 0.247. The van der Waals surface area contributed by atoms with Gasteiger partial charge >= 0.3 is 0 Å². The van der Waals surface area contributed by atoms with Crippen LogP contribution in [0.25, 0.3) is 0 Å². The van der Waals surface area contributed by atoms with Gasteiger partial charge in [0.2, 0.25) is 11.7 Å². The van der Waals surface area contributed by atoms with Crippen molar-refractivity contribution in [3.05, 3.63) is 65.2 Å². The first kappa shape index (κ1) is 27.4. The van der Waals surface area contributed by atoms with E-state index in [9.17, 15) is 9.59 Å². The predicted octanol–water partition coefficient (Wildman–Crippen LogP) is 4.29. The van der Waals surface area contributed by atoms with Gasteiger partial charge in [0.05, 0.1) is 54.6 Å². The molecule has 39 heavy (non-hydrogen) atoms. The molecule has 0 bridgehead atoms. The number of nitrogens with one attached hydrogen (secondary N) is 1. The number of hydrogen-bond acceptors (Lipinski definition) is 8. The molecule has 0 radical (unpaired) electrons. The van der Waals surface area contributed by atoms with E-state index in [0.717, 1.165) is 5.56 Å². The average Bonchev–Trinajstić information content (AvgIpc) is 2.97. The van der Waals surface area contributed by atoms with Gasteiger partial charge in [-0.05, 0) is 35.4 Å². The lowest BCUT2D eigenvalue weighted by Crippen LogP contribution is -2.44. The maximum atomic E-state index is 14.1. The van der Waals surface area contributed by atoms with Gasteiger partial charge in [-0.2, -0.15) is 0 Å². The molecule has 1 aliphatic rings. The summed E-state index contributed by atoms with van der Waals surface area (Å²) in [6.07, 6.45) is 0. The lowest BCUT2D eigenvalue weighted by molar-refractivity contribution is -0.119. The van der Waals surface area contributed by atoms with Gasteiger partial charge in [0.15, 0.2) is 23.0 Å². The fraction of sp³-hybridized carbons (Fsp3) is 0.310.